The first-order valence-electron chi connectivity index (χ1n) is 9.83. The van der Waals surface area contributed by atoms with Crippen LogP contribution in [0.4, 0.5) is 17.6 Å². The molecule has 2 aliphatic heterocycles. The van der Waals surface area contributed by atoms with E-state index in [2.05, 4.69) is 48.4 Å². The van der Waals surface area contributed by atoms with Crippen molar-refractivity contribution in [2.75, 3.05) is 43.4 Å². The lowest BCUT2D eigenvalue weighted by atomic mass is 9.81. The van der Waals surface area contributed by atoms with Crippen LogP contribution in [-0.2, 0) is 0 Å². The number of anilines is 3. The zero-order valence-electron chi connectivity index (χ0n) is 15.4. The third kappa shape index (κ3) is 3.05. The standard InChI is InChI=1S/C19H27N7/c1-25-9-14(10-25)15-11-26(12-15)19-20-7-6-17(22-19)21-18-8-16(23-24-18)13-4-2-3-5-13/h6-8,13-15H,2-5,9-12H2,1H3,(H2,20,21,22,23,24). The minimum absolute atomic E-state index is 0.641. The van der Waals surface area contributed by atoms with Crippen molar-refractivity contribution in [2.24, 2.45) is 11.8 Å². The molecular formula is C19H27N7. The Balaban J connectivity index is 1.20. The molecule has 26 heavy (non-hydrogen) atoms. The lowest BCUT2D eigenvalue weighted by molar-refractivity contribution is 0.0691. The fourth-order valence-corrected chi connectivity index (χ4v) is 4.57. The number of likely N-dealkylation sites (tertiary alicyclic amines) is 1. The molecule has 0 aromatic carbocycles. The molecule has 2 aromatic rings. The van der Waals surface area contributed by atoms with E-state index in [9.17, 15) is 0 Å². The molecule has 1 saturated carbocycles. The van der Waals surface area contributed by atoms with E-state index in [4.69, 9.17) is 0 Å². The van der Waals surface area contributed by atoms with Gasteiger partial charge in [-0.25, -0.2) is 4.98 Å². The van der Waals surface area contributed by atoms with Crippen molar-refractivity contribution in [3.05, 3.63) is 24.0 Å². The van der Waals surface area contributed by atoms with E-state index >= 15 is 0 Å². The second-order valence-corrected chi connectivity index (χ2v) is 8.20. The van der Waals surface area contributed by atoms with E-state index in [1.807, 2.05) is 12.3 Å². The van der Waals surface area contributed by atoms with E-state index in [0.29, 0.717) is 5.92 Å². The third-order valence-corrected chi connectivity index (χ3v) is 6.24. The third-order valence-electron chi connectivity index (χ3n) is 6.24. The number of hydrogen-bond acceptors (Lipinski definition) is 6. The van der Waals surface area contributed by atoms with Crippen molar-refractivity contribution in [3.8, 4) is 0 Å². The molecule has 2 aromatic heterocycles. The van der Waals surface area contributed by atoms with Crippen molar-refractivity contribution in [1.82, 2.24) is 25.1 Å². The van der Waals surface area contributed by atoms with Gasteiger partial charge in [-0.2, -0.15) is 10.1 Å². The highest BCUT2D eigenvalue weighted by molar-refractivity contribution is 5.54. The molecule has 7 nitrogen and oxygen atoms in total. The molecule has 4 heterocycles. The Hall–Kier alpha value is -2.15. The summed E-state index contributed by atoms with van der Waals surface area (Å²) in [4.78, 5) is 13.8. The summed E-state index contributed by atoms with van der Waals surface area (Å²) >= 11 is 0. The average molecular weight is 353 g/mol. The highest BCUT2D eigenvalue weighted by Crippen LogP contribution is 2.34. The maximum Gasteiger partial charge on any atom is 0.227 e. The fraction of sp³-hybridized carbons (Fsp3) is 0.632. The number of nitrogens with zero attached hydrogens (tertiary/aromatic N) is 5. The molecule has 5 rings (SSSR count). The first kappa shape index (κ1) is 16.1. The van der Waals surface area contributed by atoms with E-state index in [1.165, 1.54) is 44.5 Å². The molecule has 0 atom stereocenters. The van der Waals surface area contributed by atoms with Gasteiger partial charge in [0, 0.05) is 50.1 Å². The van der Waals surface area contributed by atoms with Gasteiger partial charge in [-0.05, 0) is 37.8 Å². The van der Waals surface area contributed by atoms with E-state index in [0.717, 1.165) is 42.5 Å². The fourth-order valence-electron chi connectivity index (χ4n) is 4.57. The maximum atomic E-state index is 4.69. The van der Waals surface area contributed by atoms with Crippen LogP contribution in [0.2, 0.25) is 0 Å². The predicted octanol–water partition coefficient (Wildman–Crippen LogP) is 2.60. The number of nitrogens with one attached hydrogen (secondary N) is 2. The highest BCUT2D eigenvalue weighted by Gasteiger charge is 2.39. The molecule has 3 aliphatic rings. The van der Waals surface area contributed by atoms with Gasteiger partial charge in [0.25, 0.3) is 0 Å². The zero-order valence-corrected chi connectivity index (χ0v) is 15.4. The molecule has 138 valence electrons. The average Bonchev–Trinajstić information content (AvgIpc) is 3.23. The van der Waals surface area contributed by atoms with Crippen molar-refractivity contribution in [2.45, 2.75) is 31.6 Å². The van der Waals surface area contributed by atoms with E-state index < -0.39 is 0 Å². The molecule has 0 unspecified atom stereocenters. The SMILES string of the molecule is CN1CC(C2CN(c3nccc(Nc4cc(C5CCCC5)[nH]n4)n3)C2)C1. The Labute approximate surface area is 154 Å². The topological polar surface area (TPSA) is 73.0 Å². The Morgan fingerprint density at radius 2 is 1.85 bits per heavy atom. The van der Waals surface area contributed by atoms with Crippen LogP contribution < -0.4 is 10.2 Å². The second-order valence-electron chi connectivity index (χ2n) is 8.20. The summed E-state index contributed by atoms with van der Waals surface area (Å²) in [5, 5.41) is 10.9. The summed E-state index contributed by atoms with van der Waals surface area (Å²) in [5.74, 6) is 4.78. The number of H-pyrrole nitrogens is 1. The van der Waals surface area contributed by atoms with Gasteiger partial charge < -0.3 is 15.1 Å². The van der Waals surface area contributed by atoms with Gasteiger partial charge in [0.15, 0.2) is 5.82 Å². The van der Waals surface area contributed by atoms with Gasteiger partial charge in [-0.15, -0.1) is 0 Å². The van der Waals surface area contributed by atoms with Crippen LogP contribution >= 0.6 is 0 Å². The van der Waals surface area contributed by atoms with Crippen molar-refractivity contribution < 1.29 is 0 Å². The van der Waals surface area contributed by atoms with Crippen molar-refractivity contribution in [1.29, 1.82) is 0 Å². The Kier molecular flexibility index (Phi) is 4.04. The number of rotatable bonds is 5. The maximum absolute atomic E-state index is 4.69. The quantitative estimate of drug-likeness (QED) is 0.861. The van der Waals surface area contributed by atoms with Gasteiger partial charge in [-0.1, -0.05) is 12.8 Å². The molecule has 7 heteroatoms. The molecule has 0 radical (unpaired) electrons. The van der Waals surface area contributed by atoms with Gasteiger partial charge in [-0.3, -0.25) is 5.10 Å². The number of hydrogen-bond donors (Lipinski definition) is 2. The summed E-state index contributed by atoms with van der Waals surface area (Å²) in [6.07, 6.45) is 7.03. The van der Waals surface area contributed by atoms with Gasteiger partial charge in [0.05, 0.1) is 0 Å². The van der Waals surface area contributed by atoms with Crippen LogP contribution in [0.5, 0.6) is 0 Å². The molecule has 2 saturated heterocycles. The minimum Gasteiger partial charge on any atom is -0.340 e. The summed E-state index contributed by atoms with van der Waals surface area (Å²) in [7, 11) is 2.19. The normalized spacial score (nSPS) is 22.4. The summed E-state index contributed by atoms with van der Waals surface area (Å²) in [6.45, 7) is 4.64. The van der Waals surface area contributed by atoms with Crippen LogP contribution in [0.1, 0.15) is 37.3 Å². The van der Waals surface area contributed by atoms with Gasteiger partial charge in [0.1, 0.15) is 5.82 Å². The Morgan fingerprint density at radius 1 is 1.08 bits per heavy atom. The Bertz CT molecular complexity index is 755. The monoisotopic (exact) mass is 353 g/mol. The van der Waals surface area contributed by atoms with Crippen LogP contribution in [0.25, 0.3) is 0 Å². The highest BCUT2D eigenvalue weighted by atomic mass is 15.3. The Morgan fingerprint density at radius 3 is 2.62 bits per heavy atom. The minimum atomic E-state index is 0.641. The summed E-state index contributed by atoms with van der Waals surface area (Å²) in [6, 6.07) is 4.04. The van der Waals surface area contributed by atoms with Crippen molar-refractivity contribution in [3.63, 3.8) is 0 Å². The smallest absolute Gasteiger partial charge is 0.227 e. The van der Waals surface area contributed by atoms with E-state index in [1.54, 1.807) is 0 Å². The van der Waals surface area contributed by atoms with Crippen LogP contribution in [0.3, 0.4) is 0 Å². The van der Waals surface area contributed by atoms with Crippen LogP contribution in [-0.4, -0.2) is 58.3 Å². The molecule has 0 bridgehead atoms. The zero-order chi connectivity index (χ0) is 17.5. The number of aromatic nitrogens is 4. The predicted molar refractivity (Wildman–Crippen MR) is 102 cm³/mol. The molecule has 1 aliphatic carbocycles. The molecule has 0 spiro atoms. The van der Waals surface area contributed by atoms with Crippen LogP contribution in [0.15, 0.2) is 18.3 Å². The van der Waals surface area contributed by atoms with Crippen molar-refractivity contribution >= 4 is 17.6 Å². The largest absolute Gasteiger partial charge is 0.340 e. The lowest BCUT2D eigenvalue weighted by Crippen LogP contribution is -2.59. The molecular weight excluding hydrogens is 326 g/mol. The molecule has 3 fully saturated rings. The lowest BCUT2D eigenvalue weighted by Gasteiger charge is -2.49. The molecule has 0 amide bonds. The summed E-state index contributed by atoms with van der Waals surface area (Å²) < 4.78 is 0. The second kappa shape index (κ2) is 6.54. The van der Waals surface area contributed by atoms with Crippen LogP contribution in [0, 0.1) is 11.8 Å². The van der Waals surface area contributed by atoms with Gasteiger partial charge >= 0.3 is 0 Å². The summed E-state index contributed by atoms with van der Waals surface area (Å²) in [5.41, 5.74) is 1.25. The first-order chi connectivity index (χ1) is 12.7. The molecule has 2 N–H and O–H groups in total. The first-order valence-corrected chi connectivity index (χ1v) is 9.83. The van der Waals surface area contributed by atoms with E-state index in [-0.39, 0.29) is 0 Å². The number of aromatic amines is 1. The van der Waals surface area contributed by atoms with Gasteiger partial charge in [0.2, 0.25) is 5.95 Å².